The van der Waals surface area contributed by atoms with E-state index in [1.165, 1.54) is 37.8 Å². The van der Waals surface area contributed by atoms with Crippen molar-refractivity contribution >= 4 is 0 Å². The van der Waals surface area contributed by atoms with Crippen LogP contribution in [0.25, 0.3) is 0 Å². The number of allylic oxidation sites excluding steroid dienone is 1. The molecule has 3 nitrogen and oxygen atoms in total. The van der Waals surface area contributed by atoms with Crippen LogP contribution in [0.1, 0.15) is 65.2 Å². The molecule has 1 heterocycles. The van der Waals surface area contributed by atoms with E-state index in [4.69, 9.17) is 0 Å². The Hall–Kier alpha value is -0.640. The Morgan fingerprint density at radius 3 is 2.63 bits per heavy atom. The molecular weight excluding hydrogens is 334 g/mol. The van der Waals surface area contributed by atoms with Crippen molar-refractivity contribution in [2.45, 2.75) is 77.4 Å². The average Bonchev–Trinajstić information content (AvgIpc) is 3.01. The van der Waals surface area contributed by atoms with Gasteiger partial charge in [0.25, 0.3) is 0 Å². The standard InChI is InChI=1S/C24H37NO2/c1-23-9-7-17(26)12-16(23)13-21(27)22-19-6-5-18(15-4-3-11-25-14-15)24(19,2)10-8-20(22)23/h5,13,15,17,19-22,25-27H,3-4,6-12,14H2,1-2H3/t15?,17?,19-,20+,21?,22-,23-,24+/m0/s1. The maximum Gasteiger partial charge on any atom is 0.0757 e. The van der Waals surface area contributed by atoms with E-state index in [1.54, 1.807) is 5.57 Å². The minimum Gasteiger partial charge on any atom is -0.393 e. The van der Waals surface area contributed by atoms with Crippen molar-refractivity contribution in [3.05, 3.63) is 23.3 Å². The second-order valence-electron chi connectivity index (χ2n) is 10.7. The number of fused-ring (bicyclic) bond motifs is 5. The molecule has 5 aliphatic rings. The van der Waals surface area contributed by atoms with Gasteiger partial charge in [-0.15, -0.1) is 0 Å². The number of aliphatic hydroxyl groups is 2. The van der Waals surface area contributed by atoms with E-state index in [9.17, 15) is 10.2 Å². The van der Waals surface area contributed by atoms with Gasteiger partial charge in [-0.1, -0.05) is 37.1 Å². The van der Waals surface area contributed by atoms with Crippen LogP contribution in [0.5, 0.6) is 0 Å². The van der Waals surface area contributed by atoms with Gasteiger partial charge in [-0.2, -0.15) is 0 Å². The van der Waals surface area contributed by atoms with Crippen molar-refractivity contribution in [2.75, 3.05) is 13.1 Å². The molecule has 4 aliphatic carbocycles. The normalized spacial score (nSPS) is 52.3. The molecule has 1 aliphatic heterocycles. The third-order valence-corrected chi connectivity index (χ3v) is 9.48. The number of hydrogen-bond acceptors (Lipinski definition) is 3. The average molecular weight is 372 g/mol. The van der Waals surface area contributed by atoms with E-state index < -0.39 is 0 Å². The first kappa shape index (κ1) is 18.4. The molecule has 0 amide bonds. The first-order valence-corrected chi connectivity index (χ1v) is 11.4. The van der Waals surface area contributed by atoms with Crippen LogP contribution in [-0.2, 0) is 0 Å². The fourth-order valence-electron chi connectivity index (χ4n) is 7.99. The molecule has 2 saturated carbocycles. The molecule has 0 radical (unpaired) electrons. The Balaban J connectivity index is 1.46. The van der Waals surface area contributed by atoms with E-state index in [1.807, 2.05) is 0 Å². The number of hydrogen-bond donors (Lipinski definition) is 3. The predicted molar refractivity (Wildman–Crippen MR) is 108 cm³/mol. The summed E-state index contributed by atoms with van der Waals surface area (Å²) < 4.78 is 0. The van der Waals surface area contributed by atoms with Crippen LogP contribution in [0.3, 0.4) is 0 Å². The zero-order chi connectivity index (χ0) is 18.8. The quantitative estimate of drug-likeness (QED) is 0.614. The fourth-order valence-corrected chi connectivity index (χ4v) is 7.99. The van der Waals surface area contributed by atoms with Gasteiger partial charge in [0.1, 0.15) is 0 Å². The summed E-state index contributed by atoms with van der Waals surface area (Å²) in [7, 11) is 0. The van der Waals surface area contributed by atoms with Crippen LogP contribution in [-0.4, -0.2) is 35.5 Å². The van der Waals surface area contributed by atoms with Gasteiger partial charge >= 0.3 is 0 Å². The largest absolute Gasteiger partial charge is 0.393 e. The zero-order valence-electron chi connectivity index (χ0n) is 17.1. The lowest BCUT2D eigenvalue weighted by Crippen LogP contribution is -2.54. The fraction of sp³-hybridized carbons (Fsp3) is 0.833. The highest BCUT2D eigenvalue weighted by molar-refractivity contribution is 5.33. The Kier molecular flexibility index (Phi) is 4.38. The van der Waals surface area contributed by atoms with E-state index in [2.05, 4.69) is 31.3 Å². The van der Waals surface area contributed by atoms with Gasteiger partial charge < -0.3 is 15.5 Å². The van der Waals surface area contributed by atoms with Crippen molar-refractivity contribution in [3.63, 3.8) is 0 Å². The predicted octanol–water partition coefficient (Wildman–Crippen LogP) is 3.82. The van der Waals surface area contributed by atoms with Gasteiger partial charge in [-0.25, -0.2) is 0 Å². The molecule has 0 bridgehead atoms. The molecule has 0 aromatic heterocycles. The first-order valence-electron chi connectivity index (χ1n) is 11.4. The maximum atomic E-state index is 11.2. The van der Waals surface area contributed by atoms with Crippen molar-refractivity contribution in [3.8, 4) is 0 Å². The Morgan fingerprint density at radius 2 is 1.85 bits per heavy atom. The van der Waals surface area contributed by atoms with Gasteiger partial charge in [-0.05, 0) is 92.4 Å². The van der Waals surface area contributed by atoms with Crippen LogP contribution in [0.15, 0.2) is 23.3 Å². The second-order valence-corrected chi connectivity index (χ2v) is 10.7. The summed E-state index contributed by atoms with van der Waals surface area (Å²) in [6, 6.07) is 0. The molecule has 0 aromatic rings. The summed E-state index contributed by atoms with van der Waals surface area (Å²) in [5.74, 6) is 2.26. The zero-order valence-corrected chi connectivity index (χ0v) is 17.1. The Morgan fingerprint density at radius 1 is 1.04 bits per heavy atom. The van der Waals surface area contributed by atoms with E-state index in [0.717, 1.165) is 32.2 Å². The van der Waals surface area contributed by atoms with Gasteiger partial charge in [0, 0.05) is 6.54 Å². The van der Waals surface area contributed by atoms with E-state index >= 15 is 0 Å². The molecule has 150 valence electrons. The summed E-state index contributed by atoms with van der Waals surface area (Å²) in [5, 5.41) is 25.0. The number of piperidine rings is 1. The lowest BCUT2D eigenvalue weighted by Gasteiger charge is -2.59. The number of rotatable bonds is 1. The minimum absolute atomic E-state index is 0.194. The summed E-state index contributed by atoms with van der Waals surface area (Å²) in [6.07, 6.45) is 13.3. The first-order chi connectivity index (χ1) is 12.9. The van der Waals surface area contributed by atoms with Gasteiger partial charge in [0.15, 0.2) is 0 Å². The molecule has 0 spiro atoms. The topological polar surface area (TPSA) is 52.5 Å². The molecule has 27 heavy (non-hydrogen) atoms. The molecule has 8 atom stereocenters. The molecule has 1 saturated heterocycles. The van der Waals surface area contributed by atoms with Crippen molar-refractivity contribution in [1.82, 2.24) is 5.32 Å². The van der Waals surface area contributed by atoms with Crippen LogP contribution in [0.4, 0.5) is 0 Å². The minimum atomic E-state index is -0.328. The lowest BCUT2D eigenvalue weighted by molar-refractivity contribution is -0.0792. The van der Waals surface area contributed by atoms with Crippen molar-refractivity contribution in [2.24, 2.45) is 34.5 Å². The molecule has 5 rings (SSSR count). The Bertz CT molecular complexity index is 663. The number of nitrogens with one attached hydrogen (secondary N) is 1. The Labute approximate surface area is 164 Å². The third kappa shape index (κ3) is 2.64. The summed E-state index contributed by atoms with van der Waals surface area (Å²) >= 11 is 0. The highest BCUT2D eigenvalue weighted by Crippen LogP contribution is 2.65. The van der Waals surface area contributed by atoms with Crippen LogP contribution >= 0.6 is 0 Å². The highest BCUT2D eigenvalue weighted by atomic mass is 16.3. The van der Waals surface area contributed by atoms with E-state index in [-0.39, 0.29) is 23.0 Å². The molecule has 3 heteroatoms. The lowest BCUT2D eigenvalue weighted by atomic mass is 9.46. The van der Waals surface area contributed by atoms with Crippen LogP contribution in [0.2, 0.25) is 0 Å². The van der Waals surface area contributed by atoms with E-state index in [0.29, 0.717) is 23.7 Å². The number of aliphatic hydroxyl groups excluding tert-OH is 2. The summed E-state index contributed by atoms with van der Waals surface area (Å²) in [4.78, 5) is 0. The smallest absolute Gasteiger partial charge is 0.0757 e. The molecule has 3 N–H and O–H groups in total. The SMILES string of the molecule is C[C@]12CCC(O)CC1=CC(O)[C@@H]1[C@H]2CC[C@]2(C)C(C3CCCNC3)=CC[C@@H]12. The second kappa shape index (κ2) is 6.43. The third-order valence-electron chi connectivity index (χ3n) is 9.48. The van der Waals surface area contributed by atoms with Gasteiger partial charge in [-0.3, -0.25) is 0 Å². The summed E-state index contributed by atoms with van der Waals surface area (Å²) in [5.41, 5.74) is 3.53. The van der Waals surface area contributed by atoms with Crippen LogP contribution < -0.4 is 5.32 Å². The van der Waals surface area contributed by atoms with Crippen LogP contribution in [0, 0.1) is 34.5 Å². The maximum absolute atomic E-state index is 11.2. The molecular formula is C24H37NO2. The monoisotopic (exact) mass is 371 g/mol. The molecule has 3 fully saturated rings. The van der Waals surface area contributed by atoms with Gasteiger partial charge in [0.05, 0.1) is 12.2 Å². The molecule has 0 aromatic carbocycles. The van der Waals surface area contributed by atoms with Crippen molar-refractivity contribution in [1.29, 1.82) is 0 Å². The highest BCUT2D eigenvalue weighted by Gasteiger charge is 2.59. The van der Waals surface area contributed by atoms with Crippen molar-refractivity contribution < 1.29 is 10.2 Å². The van der Waals surface area contributed by atoms with Gasteiger partial charge in [0.2, 0.25) is 0 Å². The molecule has 3 unspecified atom stereocenters. The summed E-state index contributed by atoms with van der Waals surface area (Å²) in [6.45, 7) is 7.26.